The fourth-order valence-corrected chi connectivity index (χ4v) is 2.99. The van der Waals surface area contributed by atoms with Gasteiger partial charge in [0, 0.05) is 0 Å². The summed E-state index contributed by atoms with van der Waals surface area (Å²) in [6, 6.07) is 10.3. The van der Waals surface area contributed by atoms with Crippen LogP contribution in [0.5, 0.6) is 0 Å². The smallest absolute Gasteiger partial charge is 0.317 e. The lowest BCUT2D eigenvalue weighted by Crippen LogP contribution is -2.24. The van der Waals surface area contributed by atoms with Crippen LogP contribution in [-0.4, -0.2) is 25.1 Å². The molecule has 1 aromatic carbocycles. The van der Waals surface area contributed by atoms with Crippen LogP contribution in [0.1, 0.15) is 10.8 Å². The number of thioether (sulfide) groups is 1. The van der Waals surface area contributed by atoms with Gasteiger partial charge in [-0.1, -0.05) is 42.1 Å². The predicted molar refractivity (Wildman–Crippen MR) is 57.4 cm³/mol. The van der Waals surface area contributed by atoms with Crippen LogP contribution in [-0.2, 0) is 14.2 Å². The van der Waals surface area contributed by atoms with E-state index in [0.29, 0.717) is 25.1 Å². The Morgan fingerprint density at radius 1 is 1.07 bits per heavy atom. The van der Waals surface area contributed by atoms with Gasteiger partial charge in [0.1, 0.15) is 0 Å². The van der Waals surface area contributed by atoms with Crippen molar-refractivity contribution in [3.8, 4) is 0 Å². The highest BCUT2D eigenvalue weighted by Gasteiger charge is 2.47. The molecule has 0 saturated carbocycles. The van der Waals surface area contributed by atoms with Gasteiger partial charge >= 0.3 is 5.31 Å². The van der Waals surface area contributed by atoms with Crippen LogP contribution in [0.2, 0.25) is 0 Å². The molecule has 80 valence electrons. The van der Waals surface area contributed by atoms with Gasteiger partial charge in [-0.05, 0) is 5.56 Å². The van der Waals surface area contributed by atoms with Gasteiger partial charge in [0.15, 0.2) is 0 Å². The lowest BCUT2D eigenvalue weighted by Gasteiger charge is -2.18. The van der Waals surface area contributed by atoms with Crippen molar-refractivity contribution in [1.82, 2.24) is 0 Å². The van der Waals surface area contributed by atoms with Crippen molar-refractivity contribution < 1.29 is 14.2 Å². The summed E-state index contributed by atoms with van der Waals surface area (Å²) in [4.78, 5) is 0. The largest absolute Gasteiger partial charge is 0.338 e. The molecule has 0 aliphatic carbocycles. The van der Waals surface area contributed by atoms with E-state index in [2.05, 4.69) is 12.1 Å². The second-order valence-electron chi connectivity index (χ2n) is 3.53. The molecule has 2 aliphatic rings. The van der Waals surface area contributed by atoms with Crippen LogP contribution in [0.3, 0.4) is 0 Å². The third-order valence-corrected chi connectivity index (χ3v) is 3.85. The summed E-state index contributed by atoms with van der Waals surface area (Å²) in [5.41, 5.74) is 1.26. The van der Waals surface area contributed by atoms with Crippen LogP contribution < -0.4 is 0 Å². The molecule has 2 fully saturated rings. The quantitative estimate of drug-likeness (QED) is 0.730. The third-order valence-electron chi connectivity index (χ3n) is 2.51. The summed E-state index contributed by atoms with van der Waals surface area (Å²) in [5, 5.41) is -0.509. The fourth-order valence-electron chi connectivity index (χ4n) is 1.78. The summed E-state index contributed by atoms with van der Waals surface area (Å²) in [5.74, 6) is 0. The molecule has 0 radical (unpaired) electrons. The van der Waals surface area contributed by atoms with Gasteiger partial charge < -0.3 is 14.2 Å². The Morgan fingerprint density at radius 2 is 1.80 bits per heavy atom. The summed E-state index contributed by atoms with van der Waals surface area (Å²) in [6.45, 7) is 1.89. The van der Waals surface area contributed by atoms with E-state index in [0.717, 1.165) is 0 Å². The Hall–Kier alpha value is -0.550. The number of hydrogen-bond acceptors (Lipinski definition) is 4. The number of ether oxygens (including phenoxy) is 3. The van der Waals surface area contributed by atoms with Crippen molar-refractivity contribution in [2.24, 2.45) is 0 Å². The molecule has 0 unspecified atom stereocenters. The van der Waals surface area contributed by atoms with Gasteiger partial charge in [0.05, 0.1) is 25.1 Å². The van der Waals surface area contributed by atoms with Crippen LogP contribution in [0, 0.1) is 0 Å². The van der Waals surface area contributed by atoms with Crippen LogP contribution >= 0.6 is 11.8 Å². The standard InChI is InChI=1S/C11H12O3S/c1-2-4-9(5-3-1)10-8-14-11(15-10)12-6-7-13-11/h1-5,10H,6-8H2/t10-/m1/s1. The maximum Gasteiger partial charge on any atom is 0.338 e. The summed E-state index contributed by atoms with van der Waals surface area (Å²) in [6.07, 6.45) is 0. The molecule has 0 amide bonds. The van der Waals surface area contributed by atoms with Crippen molar-refractivity contribution in [3.05, 3.63) is 35.9 Å². The van der Waals surface area contributed by atoms with Gasteiger partial charge in [-0.25, -0.2) is 0 Å². The highest BCUT2D eigenvalue weighted by Crippen LogP contribution is 2.49. The first-order chi connectivity index (χ1) is 7.38. The maximum atomic E-state index is 5.59. The van der Waals surface area contributed by atoms with Crippen LogP contribution in [0.25, 0.3) is 0 Å². The number of hydrogen-bond donors (Lipinski definition) is 0. The van der Waals surface area contributed by atoms with E-state index in [9.17, 15) is 0 Å². The second-order valence-corrected chi connectivity index (χ2v) is 4.83. The molecule has 3 nitrogen and oxygen atoms in total. The molecule has 2 saturated heterocycles. The zero-order valence-corrected chi connectivity index (χ0v) is 9.03. The second kappa shape index (κ2) is 3.79. The Balaban J connectivity index is 1.76. The molecule has 0 bridgehead atoms. The Labute approximate surface area is 92.7 Å². The third kappa shape index (κ3) is 1.78. The molecule has 1 spiro atoms. The maximum absolute atomic E-state index is 5.59. The monoisotopic (exact) mass is 224 g/mol. The van der Waals surface area contributed by atoms with Crippen molar-refractivity contribution in [1.29, 1.82) is 0 Å². The van der Waals surface area contributed by atoms with E-state index in [1.165, 1.54) is 5.56 Å². The number of benzene rings is 1. The van der Waals surface area contributed by atoms with Crippen LogP contribution in [0.15, 0.2) is 30.3 Å². The molecular weight excluding hydrogens is 212 g/mol. The van der Waals surface area contributed by atoms with Crippen molar-refractivity contribution in [3.63, 3.8) is 0 Å². The lowest BCUT2D eigenvalue weighted by molar-refractivity contribution is -0.251. The van der Waals surface area contributed by atoms with E-state index >= 15 is 0 Å². The minimum absolute atomic E-state index is 0.310. The zero-order chi connectivity index (χ0) is 10.1. The van der Waals surface area contributed by atoms with Gasteiger partial charge in [-0.2, -0.15) is 0 Å². The molecule has 2 aliphatic heterocycles. The molecule has 3 rings (SSSR count). The molecule has 0 aromatic heterocycles. The molecular formula is C11H12O3S. The summed E-state index contributed by atoms with van der Waals surface area (Å²) in [7, 11) is 0. The molecule has 4 heteroatoms. The van der Waals surface area contributed by atoms with Gasteiger partial charge in [0.2, 0.25) is 0 Å². The van der Waals surface area contributed by atoms with Crippen molar-refractivity contribution in [2.45, 2.75) is 10.6 Å². The molecule has 15 heavy (non-hydrogen) atoms. The van der Waals surface area contributed by atoms with Gasteiger partial charge in [0.25, 0.3) is 0 Å². The van der Waals surface area contributed by atoms with Gasteiger partial charge in [-0.3, -0.25) is 0 Å². The number of rotatable bonds is 1. The summed E-state index contributed by atoms with van der Waals surface area (Å²) >= 11 is 1.61. The first-order valence-electron chi connectivity index (χ1n) is 5.03. The average molecular weight is 224 g/mol. The highest BCUT2D eigenvalue weighted by atomic mass is 32.2. The normalized spacial score (nSPS) is 28.7. The molecule has 0 N–H and O–H groups in total. The SMILES string of the molecule is c1ccc([C@H]2COC3(OCCO3)S2)cc1. The zero-order valence-electron chi connectivity index (χ0n) is 8.22. The average Bonchev–Trinajstić information content (AvgIpc) is 2.91. The van der Waals surface area contributed by atoms with Crippen molar-refractivity contribution >= 4 is 11.8 Å². The van der Waals surface area contributed by atoms with Crippen molar-refractivity contribution in [2.75, 3.05) is 19.8 Å². The topological polar surface area (TPSA) is 27.7 Å². The fraction of sp³-hybridized carbons (Fsp3) is 0.455. The highest BCUT2D eigenvalue weighted by molar-refractivity contribution is 8.00. The van der Waals surface area contributed by atoms with E-state index in [1.54, 1.807) is 11.8 Å². The first-order valence-corrected chi connectivity index (χ1v) is 5.91. The minimum atomic E-state index is -0.819. The Bertz CT molecular complexity index is 335. The molecule has 2 heterocycles. The Kier molecular flexibility index (Phi) is 2.44. The minimum Gasteiger partial charge on any atom is -0.317 e. The van der Waals surface area contributed by atoms with Gasteiger partial charge in [-0.15, -0.1) is 0 Å². The van der Waals surface area contributed by atoms with Crippen LogP contribution in [0.4, 0.5) is 0 Å². The predicted octanol–water partition coefficient (Wildman–Crippen LogP) is 2.15. The first kappa shape index (κ1) is 9.66. The molecule has 1 aromatic rings. The lowest BCUT2D eigenvalue weighted by atomic mass is 10.2. The Morgan fingerprint density at radius 3 is 2.53 bits per heavy atom. The molecule has 1 atom stereocenters. The summed E-state index contributed by atoms with van der Waals surface area (Å²) < 4.78 is 16.5. The van der Waals surface area contributed by atoms with E-state index < -0.39 is 5.31 Å². The van der Waals surface area contributed by atoms with E-state index in [4.69, 9.17) is 14.2 Å². The van der Waals surface area contributed by atoms with E-state index in [1.807, 2.05) is 18.2 Å². The van der Waals surface area contributed by atoms with E-state index in [-0.39, 0.29) is 0 Å².